The molecule has 0 fully saturated rings. The van der Waals surface area contributed by atoms with Crippen LogP contribution in [0.5, 0.6) is 0 Å². The van der Waals surface area contributed by atoms with Crippen LogP contribution < -0.4 is 20.5 Å². The fourth-order valence-corrected chi connectivity index (χ4v) is 3.12. The van der Waals surface area contributed by atoms with Gasteiger partial charge in [0.1, 0.15) is 0 Å². The van der Waals surface area contributed by atoms with E-state index in [9.17, 15) is 0 Å². The number of nitrogens with one attached hydrogen (secondary N) is 2. The van der Waals surface area contributed by atoms with Crippen LogP contribution >= 0.6 is 11.6 Å². The van der Waals surface area contributed by atoms with Gasteiger partial charge >= 0.3 is 0 Å². The molecule has 0 aliphatic carbocycles. The largest absolute Gasteiger partial charge is 0.378 e. The van der Waals surface area contributed by atoms with E-state index in [1.165, 1.54) is 0 Å². The molecular formula is C23H29ClN8. The van der Waals surface area contributed by atoms with Gasteiger partial charge in [0.2, 0.25) is 17.8 Å². The van der Waals surface area contributed by atoms with Gasteiger partial charge in [-0.15, -0.1) is 0 Å². The Morgan fingerprint density at radius 1 is 0.969 bits per heavy atom. The van der Waals surface area contributed by atoms with E-state index in [4.69, 9.17) is 11.6 Å². The van der Waals surface area contributed by atoms with E-state index in [-0.39, 0.29) is 0 Å². The molecule has 2 N–H and O–H groups in total. The average molecular weight is 453 g/mol. The molecule has 32 heavy (non-hydrogen) atoms. The number of hydrogen-bond acceptors (Lipinski definition) is 8. The van der Waals surface area contributed by atoms with Crippen molar-refractivity contribution in [3.63, 3.8) is 0 Å². The van der Waals surface area contributed by atoms with E-state index in [2.05, 4.69) is 49.5 Å². The molecule has 3 rings (SSSR count). The Morgan fingerprint density at radius 2 is 1.66 bits per heavy atom. The molecule has 8 nitrogen and oxygen atoms in total. The number of halogens is 1. The predicted octanol–water partition coefficient (Wildman–Crippen LogP) is 4.94. The van der Waals surface area contributed by atoms with E-state index in [1.807, 2.05) is 68.4 Å². The molecule has 0 saturated carbocycles. The molecule has 2 aromatic carbocycles. The van der Waals surface area contributed by atoms with Gasteiger partial charge in [-0.3, -0.25) is 0 Å². The molecule has 0 aliphatic rings. The molecule has 3 aromatic rings. The molecule has 0 unspecified atom stereocenters. The van der Waals surface area contributed by atoms with Crippen LogP contribution in [0.3, 0.4) is 0 Å². The number of anilines is 5. The van der Waals surface area contributed by atoms with Gasteiger partial charge in [-0.05, 0) is 56.2 Å². The summed E-state index contributed by atoms with van der Waals surface area (Å²) in [4.78, 5) is 17.7. The van der Waals surface area contributed by atoms with Crippen LogP contribution in [0.15, 0.2) is 47.6 Å². The SMILES string of the molecule is CCN(CC)c1nc(N/N=C/c2ccc(N(C)C)cc2)nc(Nc2ccc(C)c(Cl)c2)n1. The smallest absolute Gasteiger partial charge is 0.250 e. The highest BCUT2D eigenvalue weighted by atomic mass is 35.5. The highest BCUT2D eigenvalue weighted by molar-refractivity contribution is 6.31. The van der Waals surface area contributed by atoms with E-state index in [0.717, 1.165) is 35.6 Å². The van der Waals surface area contributed by atoms with Crippen LogP contribution in [0.25, 0.3) is 0 Å². The first-order valence-electron chi connectivity index (χ1n) is 10.5. The van der Waals surface area contributed by atoms with Gasteiger partial charge in [-0.1, -0.05) is 29.8 Å². The molecule has 1 aromatic heterocycles. The minimum atomic E-state index is 0.351. The molecule has 0 amide bonds. The standard InChI is InChI=1S/C23H29ClN8/c1-6-32(7-2)23-28-21(26-18-11-8-16(3)20(24)14-18)27-22(29-23)30-25-15-17-9-12-19(13-10-17)31(4)5/h8-15H,6-7H2,1-5H3,(H2,26,27,28,29,30)/b25-15+. The number of benzene rings is 2. The monoisotopic (exact) mass is 452 g/mol. The van der Waals surface area contributed by atoms with Crippen LogP contribution in [0.1, 0.15) is 25.0 Å². The number of aryl methyl sites for hydroxylation is 1. The summed E-state index contributed by atoms with van der Waals surface area (Å²) in [5.41, 5.74) is 6.82. The van der Waals surface area contributed by atoms with Crippen molar-refractivity contribution < 1.29 is 0 Å². The van der Waals surface area contributed by atoms with Gasteiger partial charge in [0.25, 0.3) is 0 Å². The van der Waals surface area contributed by atoms with Gasteiger partial charge in [-0.25, -0.2) is 5.43 Å². The summed E-state index contributed by atoms with van der Waals surface area (Å²) in [6.07, 6.45) is 1.73. The maximum Gasteiger partial charge on any atom is 0.250 e. The molecule has 9 heteroatoms. The quantitative estimate of drug-likeness (QED) is 0.351. The molecule has 0 aliphatic heterocycles. The van der Waals surface area contributed by atoms with Gasteiger partial charge in [0.15, 0.2) is 0 Å². The number of hydrazone groups is 1. The second kappa shape index (κ2) is 10.8. The lowest BCUT2D eigenvalue weighted by Gasteiger charge is -2.19. The molecule has 0 spiro atoms. The van der Waals surface area contributed by atoms with Gasteiger partial charge in [-0.2, -0.15) is 20.1 Å². The predicted molar refractivity (Wildman–Crippen MR) is 135 cm³/mol. The molecule has 0 atom stereocenters. The van der Waals surface area contributed by atoms with Gasteiger partial charge in [0.05, 0.1) is 6.21 Å². The highest BCUT2D eigenvalue weighted by Crippen LogP contribution is 2.23. The van der Waals surface area contributed by atoms with Crippen molar-refractivity contribution >= 4 is 47.0 Å². The van der Waals surface area contributed by atoms with Crippen molar-refractivity contribution in [2.24, 2.45) is 5.10 Å². The lowest BCUT2D eigenvalue weighted by atomic mass is 10.2. The second-order valence-electron chi connectivity index (χ2n) is 7.40. The molecule has 168 valence electrons. The van der Waals surface area contributed by atoms with E-state index < -0.39 is 0 Å². The van der Waals surface area contributed by atoms with E-state index in [1.54, 1.807) is 6.21 Å². The van der Waals surface area contributed by atoms with Crippen LogP contribution in [0.4, 0.5) is 29.2 Å². The molecule has 0 radical (unpaired) electrons. The number of rotatable bonds is 9. The van der Waals surface area contributed by atoms with Crippen LogP contribution in [-0.2, 0) is 0 Å². The van der Waals surface area contributed by atoms with E-state index >= 15 is 0 Å². The zero-order valence-corrected chi connectivity index (χ0v) is 19.9. The zero-order valence-electron chi connectivity index (χ0n) is 19.1. The lowest BCUT2D eigenvalue weighted by molar-refractivity contribution is 0.814. The van der Waals surface area contributed by atoms with Gasteiger partial charge in [0, 0.05) is 43.6 Å². The topological polar surface area (TPSA) is 81.6 Å². The fraction of sp³-hybridized carbons (Fsp3) is 0.304. The fourth-order valence-electron chi connectivity index (χ4n) is 2.94. The minimum absolute atomic E-state index is 0.351. The summed E-state index contributed by atoms with van der Waals surface area (Å²) in [6, 6.07) is 13.8. The van der Waals surface area contributed by atoms with Crippen molar-refractivity contribution in [3.8, 4) is 0 Å². The molecule has 0 saturated heterocycles. The van der Waals surface area contributed by atoms with Crippen molar-refractivity contribution in [2.75, 3.05) is 47.7 Å². The van der Waals surface area contributed by atoms with E-state index in [0.29, 0.717) is 22.9 Å². The average Bonchev–Trinajstić information content (AvgIpc) is 2.77. The molecule has 1 heterocycles. The Bertz CT molecular complexity index is 1060. The zero-order chi connectivity index (χ0) is 23.1. The van der Waals surface area contributed by atoms with Crippen LogP contribution in [0, 0.1) is 6.92 Å². The van der Waals surface area contributed by atoms with Crippen molar-refractivity contribution in [1.29, 1.82) is 0 Å². The lowest BCUT2D eigenvalue weighted by Crippen LogP contribution is -2.25. The second-order valence-corrected chi connectivity index (χ2v) is 7.81. The van der Waals surface area contributed by atoms with Gasteiger partial charge < -0.3 is 15.1 Å². The third-order valence-corrected chi connectivity index (χ3v) is 5.29. The maximum atomic E-state index is 6.26. The first kappa shape index (κ1) is 23.3. The summed E-state index contributed by atoms with van der Waals surface area (Å²) >= 11 is 6.26. The highest BCUT2D eigenvalue weighted by Gasteiger charge is 2.12. The van der Waals surface area contributed by atoms with Crippen LogP contribution in [0.2, 0.25) is 5.02 Å². The summed E-state index contributed by atoms with van der Waals surface area (Å²) in [7, 11) is 4.02. The third-order valence-electron chi connectivity index (χ3n) is 4.89. The summed E-state index contributed by atoms with van der Waals surface area (Å²) in [5.74, 6) is 1.33. The Hall–Kier alpha value is -3.39. The normalized spacial score (nSPS) is 10.9. The summed E-state index contributed by atoms with van der Waals surface area (Å²) < 4.78 is 0. The van der Waals surface area contributed by atoms with Crippen molar-refractivity contribution in [1.82, 2.24) is 15.0 Å². The number of nitrogens with zero attached hydrogens (tertiary/aromatic N) is 6. The Kier molecular flexibility index (Phi) is 7.83. The minimum Gasteiger partial charge on any atom is -0.378 e. The Labute approximate surface area is 194 Å². The summed E-state index contributed by atoms with van der Waals surface area (Å²) in [6.45, 7) is 7.63. The first-order chi connectivity index (χ1) is 15.4. The number of hydrogen-bond donors (Lipinski definition) is 2. The van der Waals surface area contributed by atoms with Crippen molar-refractivity contribution in [2.45, 2.75) is 20.8 Å². The van der Waals surface area contributed by atoms with Crippen LogP contribution in [-0.4, -0.2) is 48.4 Å². The first-order valence-corrected chi connectivity index (χ1v) is 10.9. The third kappa shape index (κ3) is 6.07. The Morgan fingerprint density at radius 3 is 2.28 bits per heavy atom. The summed E-state index contributed by atoms with van der Waals surface area (Å²) in [5, 5.41) is 8.19. The molecule has 0 bridgehead atoms. The molecular weight excluding hydrogens is 424 g/mol. The number of aromatic nitrogens is 3. The maximum absolute atomic E-state index is 6.26. The Balaban J connectivity index is 1.82. The van der Waals surface area contributed by atoms with Crippen molar-refractivity contribution in [3.05, 3.63) is 58.6 Å².